The van der Waals surface area contributed by atoms with Crippen molar-refractivity contribution < 1.29 is 4.74 Å². The van der Waals surface area contributed by atoms with Crippen LogP contribution in [0.15, 0.2) is 35.1 Å². The van der Waals surface area contributed by atoms with Crippen molar-refractivity contribution in [1.82, 2.24) is 4.90 Å². The van der Waals surface area contributed by atoms with Gasteiger partial charge in [-0.3, -0.25) is 4.79 Å². The number of anilines is 2. The number of methoxy groups -OCH3 is 1. The third-order valence-corrected chi connectivity index (χ3v) is 8.34. The molecule has 0 saturated carbocycles. The first kappa shape index (κ1) is 20.6. The van der Waals surface area contributed by atoms with Gasteiger partial charge in [0.05, 0.1) is 17.2 Å². The van der Waals surface area contributed by atoms with Gasteiger partial charge < -0.3 is 20.7 Å². The van der Waals surface area contributed by atoms with Crippen molar-refractivity contribution in [3.63, 3.8) is 0 Å². The summed E-state index contributed by atoms with van der Waals surface area (Å²) in [6.45, 7) is 3.43. The summed E-state index contributed by atoms with van der Waals surface area (Å²) in [6, 6.07) is 10.3. The second-order valence-electron chi connectivity index (χ2n) is 8.92. The number of nitrogens with two attached hydrogens (primary N) is 1. The normalized spacial score (nSPS) is 21.8. The third kappa shape index (κ3) is 3.87. The van der Waals surface area contributed by atoms with Gasteiger partial charge in [0.15, 0.2) is 5.43 Å². The molecule has 0 bridgehead atoms. The van der Waals surface area contributed by atoms with Crippen LogP contribution in [0.25, 0.3) is 20.2 Å². The maximum atomic E-state index is 13.4. The summed E-state index contributed by atoms with van der Waals surface area (Å²) in [5.74, 6) is 1.45. The van der Waals surface area contributed by atoms with Crippen LogP contribution in [0.2, 0.25) is 0 Å². The number of hydrogen-bond donors (Lipinski definition) is 2. The van der Waals surface area contributed by atoms with Crippen molar-refractivity contribution in [3.05, 3.63) is 40.6 Å². The van der Waals surface area contributed by atoms with E-state index in [2.05, 4.69) is 10.2 Å². The van der Waals surface area contributed by atoms with E-state index in [1.807, 2.05) is 30.3 Å². The van der Waals surface area contributed by atoms with E-state index in [4.69, 9.17) is 10.5 Å². The molecule has 2 atom stereocenters. The topological polar surface area (TPSA) is 67.6 Å². The van der Waals surface area contributed by atoms with E-state index in [0.29, 0.717) is 22.2 Å². The maximum absolute atomic E-state index is 13.4. The highest BCUT2D eigenvalue weighted by atomic mass is 32.1. The number of fused-ring (bicyclic) bond motifs is 3. The molecule has 3 heterocycles. The van der Waals surface area contributed by atoms with Gasteiger partial charge in [0, 0.05) is 34.0 Å². The Bertz CT molecular complexity index is 1160. The minimum absolute atomic E-state index is 0.0218. The minimum atomic E-state index is 0.0218. The van der Waals surface area contributed by atoms with Gasteiger partial charge in [0.25, 0.3) is 0 Å². The van der Waals surface area contributed by atoms with Gasteiger partial charge in [-0.05, 0) is 81.4 Å². The summed E-state index contributed by atoms with van der Waals surface area (Å²) in [7, 11) is 1.62. The molecule has 2 aliphatic rings. The van der Waals surface area contributed by atoms with E-state index in [0.717, 1.165) is 40.0 Å². The first-order chi connectivity index (χ1) is 15.2. The van der Waals surface area contributed by atoms with Crippen LogP contribution in [0.4, 0.5) is 11.4 Å². The van der Waals surface area contributed by atoms with Crippen LogP contribution in [0.5, 0.6) is 5.75 Å². The average molecular weight is 438 g/mol. The number of hydrogen-bond acceptors (Lipinski definition) is 6. The smallest absolute Gasteiger partial charge is 0.198 e. The second kappa shape index (κ2) is 8.67. The number of piperidine rings is 2. The Morgan fingerprint density at radius 1 is 1.16 bits per heavy atom. The highest BCUT2D eigenvalue weighted by molar-refractivity contribution is 7.25. The van der Waals surface area contributed by atoms with E-state index in [9.17, 15) is 4.79 Å². The molecule has 3 N–H and O–H groups in total. The van der Waals surface area contributed by atoms with Crippen molar-refractivity contribution in [2.75, 3.05) is 37.8 Å². The minimum Gasteiger partial charge on any atom is -0.497 e. The average Bonchev–Trinajstić information content (AvgIpc) is 2.81. The number of ether oxygens (including phenoxy) is 1. The van der Waals surface area contributed by atoms with E-state index >= 15 is 0 Å². The molecule has 0 unspecified atom stereocenters. The Labute approximate surface area is 187 Å². The highest BCUT2D eigenvalue weighted by Gasteiger charge is 2.32. The Hall–Kier alpha value is -2.31. The van der Waals surface area contributed by atoms with Crippen LogP contribution in [0.3, 0.4) is 0 Å². The lowest BCUT2D eigenvalue weighted by molar-refractivity contribution is 0.0573. The van der Waals surface area contributed by atoms with Crippen molar-refractivity contribution in [2.45, 2.75) is 44.6 Å². The Kier molecular flexibility index (Phi) is 5.76. The van der Waals surface area contributed by atoms with Gasteiger partial charge >= 0.3 is 0 Å². The summed E-state index contributed by atoms with van der Waals surface area (Å²) in [5, 5.41) is 4.99. The molecule has 0 amide bonds. The van der Waals surface area contributed by atoms with Gasteiger partial charge in [0.1, 0.15) is 5.75 Å². The molecule has 0 radical (unpaired) electrons. The molecule has 5 nitrogen and oxygen atoms in total. The van der Waals surface area contributed by atoms with Crippen molar-refractivity contribution in [1.29, 1.82) is 0 Å². The molecular weight excluding hydrogens is 406 g/mol. The van der Waals surface area contributed by atoms with Crippen molar-refractivity contribution in [3.8, 4) is 5.75 Å². The molecule has 3 aromatic rings. The fourth-order valence-corrected chi connectivity index (χ4v) is 6.64. The molecule has 0 spiro atoms. The number of nitrogens with one attached hydrogen (secondary N) is 1. The highest BCUT2D eigenvalue weighted by Crippen LogP contribution is 2.35. The molecule has 1 aromatic heterocycles. The quantitative estimate of drug-likeness (QED) is 0.431. The predicted octanol–water partition coefficient (Wildman–Crippen LogP) is 5.07. The lowest BCUT2D eigenvalue weighted by atomic mass is 9.81. The lowest BCUT2D eigenvalue weighted by Gasteiger charge is -2.44. The first-order valence-electron chi connectivity index (χ1n) is 11.5. The van der Waals surface area contributed by atoms with Gasteiger partial charge in [-0.2, -0.15) is 0 Å². The number of rotatable bonds is 5. The zero-order valence-corrected chi connectivity index (χ0v) is 19.0. The Morgan fingerprint density at radius 3 is 2.90 bits per heavy atom. The Morgan fingerprint density at radius 2 is 2.03 bits per heavy atom. The van der Waals surface area contributed by atoms with Crippen LogP contribution >= 0.6 is 11.3 Å². The molecular formula is C25H31N3O2S. The molecule has 2 saturated heterocycles. The van der Waals surface area contributed by atoms with Crippen molar-refractivity contribution in [2.24, 2.45) is 5.92 Å². The predicted molar refractivity (Wildman–Crippen MR) is 132 cm³/mol. The second-order valence-corrected chi connectivity index (χ2v) is 9.97. The fourth-order valence-electron chi connectivity index (χ4n) is 5.53. The molecule has 31 heavy (non-hydrogen) atoms. The number of nitrogen functional groups attached to an aromatic ring is 1. The molecule has 0 aliphatic carbocycles. The molecule has 2 fully saturated rings. The first-order valence-corrected chi connectivity index (χ1v) is 12.3. The number of benzene rings is 2. The van der Waals surface area contributed by atoms with E-state index in [1.165, 1.54) is 45.2 Å². The van der Waals surface area contributed by atoms with E-state index in [-0.39, 0.29) is 5.43 Å². The van der Waals surface area contributed by atoms with Gasteiger partial charge in [-0.15, -0.1) is 11.3 Å². The molecule has 164 valence electrons. The zero-order chi connectivity index (χ0) is 21.4. The van der Waals surface area contributed by atoms with Crippen LogP contribution in [-0.4, -0.2) is 37.7 Å². The number of nitrogens with zero attached hydrogens (tertiary/aromatic N) is 1. The van der Waals surface area contributed by atoms with E-state index < -0.39 is 0 Å². The van der Waals surface area contributed by atoms with Crippen molar-refractivity contribution >= 4 is 42.9 Å². The third-order valence-electron chi connectivity index (χ3n) is 7.12. The van der Waals surface area contributed by atoms with Crippen LogP contribution in [0, 0.1) is 5.92 Å². The standard InChI is InChI=1S/C25H31N3O2S/c1-30-17-7-10-22-18(15-17)24(29)23-20(9-8-19(26)25(23)31-22)27-12-11-16-5-4-14-28-13-3-2-6-21(16)28/h7-10,15-16,21,27H,2-6,11-14,26H2,1H3/t16-,21+/m0/s1. The summed E-state index contributed by atoms with van der Waals surface area (Å²) >= 11 is 1.57. The summed E-state index contributed by atoms with van der Waals surface area (Å²) < 4.78 is 7.14. The van der Waals surface area contributed by atoms with Crippen LogP contribution in [-0.2, 0) is 0 Å². The molecule has 5 rings (SSSR count). The summed E-state index contributed by atoms with van der Waals surface area (Å²) in [5.41, 5.74) is 7.85. The SMILES string of the molecule is COc1ccc2sc3c(N)ccc(NCC[C@@H]4CCCN5CCCC[C@H]45)c3c(=O)c2c1. The fraction of sp³-hybridized carbons (Fsp3) is 0.480. The van der Waals surface area contributed by atoms with Gasteiger partial charge in [0.2, 0.25) is 0 Å². The maximum Gasteiger partial charge on any atom is 0.198 e. The zero-order valence-electron chi connectivity index (χ0n) is 18.2. The summed E-state index contributed by atoms with van der Waals surface area (Å²) in [4.78, 5) is 16.1. The molecule has 2 aliphatic heterocycles. The monoisotopic (exact) mass is 437 g/mol. The molecule has 6 heteroatoms. The van der Waals surface area contributed by atoms with E-state index in [1.54, 1.807) is 18.4 Å². The Balaban J connectivity index is 1.42. The van der Waals surface area contributed by atoms with Gasteiger partial charge in [-0.1, -0.05) is 6.42 Å². The molecule has 2 aromatic carbocycles. The van der Waals surface area contributed by atoms with Crippen LogP contribution in [0.1, 0.15) is 38.5 Å². The van der Waals surface area contributed by atoms with Gasteiger partial charge in [-0.25, -0.2) is 0 Å². The largest absolute Gasteiger partial charge is 0.497 e. The summed E-state index contributed by atoms with van der Waals surface area (Å²) in [6.07, 6.45) is 7.84. The van der Waals surface area contributed by atoms with Crippen LogP contribution < -0.4 is 21.2 Å². The lowest BCUT2D eigenvalue weighted by Crippen LogP contribution is -2.48.